The molecule has 0 spiro atoms. The van der Waals surface area contributed by atoms with Crippen molar-refractivity contribution in [2.45, 2.75) is 39.5 Å². The van der Waals surface area contributed by atoms with Gasteiger partial charge in [0, 0.05) is 17.0 Å². The van der Waals surface area contributed by atoms with Crippen molar-refractivity contribution in [3.05, 3.63) is 87.3 Å². The first kappa shape index (κ1) is 21.3. The topological polar surface area (TPSA) is 58.2 Å². The van der Waals surface area contributed by atoms with Gasteiger partial charge in [0.15, 0.2) is 0 Å². The highest BCUT2D eigenvalue weighted by Crippen LogP contribution is 2.40. The van der Waals surface area contributed by atoms with E-state index >= 15 is 0 Å². The smallest absolute Gasteiger partial charge is 0.256 e. The van der Waals surface area contributed by atoms with Crippen LogP contribution in [0.2, 0.25) is 0 Å². The van der Waals surface area contributed by atoms with Gasteiger partial charge >= 0.3 is 0 Å². The summed E-state index contributed by atoms with van der Waals surface area (Å²) in [7, 11) is 0. The molecule has 1 aromatic heterocycles. The fourth-order valence-corrected chi connectivity index (χ4v) is 5.53. The van der Waals surface area contributed by atoms with Crippen LogP contribution in [0.3, 0.4) is 0 Å². The quantitative estimate of drug-likeness (QED) is 0.547. The van der Waals surface area contributed by atoms with Crippen LogP contribution in [0.4, 0.5) is 5.00 Å². The molecule has 3 aromatic rings. The third kappa shape index (κ3) is 4.88. The van der Waals surface area contributed by atoms with Crippen LogP contribution >= 0.6 is 11.3 Å². The number of fused-ring (bicyclic) bond motifs is 1. The number of nitrogens with one attached hydrogen (secondary N) is 2. The summed E-state index contributed by atoms with van der Waals surface area (Å²) in [5.41, 5.74) is 4.51. The third-order valence-electron chi connectivity index (χ3n) is 5.90. The Balaban J connectivity index is 1.56. The lowest BCUT2D eigenvalue weighted by molar-refractivity contribution is 0.0954. The van der Waals surface area contributed by atoms with Crippen LogP contribution in [-0.2, 0) is 19.3 Å². The first-order valence-electron chi connectivity index (χ1n) is 10.9. The first-order chi connectivity index (χ1) is 15.0. The molecule has 1 aliphatic rings. The molecule has 2 N–H and O–H groups in total. The van der Waals surface area contributed by atoms with E-state index in [1.54, 1.807) is 11.3 Å². The molecule has 4 rings (SSSR count). The Labute approximate surface area is 187 Å². The lowest BCUT2D eigenvalue weighted by atomic mass is 9.88. The number of benzene rings is 2. The molecule has 0 saturated heterocycles. The maximum Gasteiger partial charge on any atom is 0.256 e. The molecule has 0 fully saturated rings. The van der Waals surface area contributed by atoms with Gasteiger partial charge in [-0.05, 0) is 61.3 Å². The van der Waals surface area contributed by atoms with Crippen molar-refractivity contribution >= 4 is 28.2 Å². The summed E-state index contributed by atoms with van der Waals surface area (Å²) in [6.45, 7) is 4.73. The van der Waals surface area contributed by atoms with Gasteiger partial charge in [0.25, 0.3) is 11.8 Å². The van der Waals surface area contributed by atoms with Crippen molar-refractivity contribution in [3.63, 3.8) is 0 Å². The lowest BCUT2D eigenvalue weighted by Crippen LogP contribution is -2.28. The average Bonchev–Trinajstić information content (AvgIpc) is 3.11. The summed E-state index contributed by atoms with van der Waals surface area (Å²) in [4.78, 5) is 27.4. The summed E-state index contributed by atoms with van der Waals surface area (Å²) < 4.78 is 0. The Kier molecular flexibility index (Phi) is 6.52. The molecule has 0 radical (unpaired) electrons. The van der Waals surface area contributed by atoms with E-state index < -0.39 is 0 Å². The predicted molar refractivity (Wildman–Crippen MR) is 127 cm³/mol. The minimum absolute atomic E-state index is 0.0944. The second kappa shape index (κ2) is 9.48. The molecule has 5 heteroatoms. The minimum atomic E-state index is -0.164. The summed E-state index contributed by atoms with van der Waals surface area (Å²) >= 11 is 1.56. The Morgan fingerprint density at radius 1 is 1.03 bits per heavy atom. The second-order valence-electron chi connectivity index (χ2n) is 8.32. The highest BCUT2D eigenvalue weighted by atomic mass is 32.1. The number of carbonyl (C=O) groups excluding carboxylic acids is 2. The van der Waals surface area contributed by atoms with Crippen molar-refractivity contribution in [2.24, 2.45) is 5.92 Å². The number of hydrogen-bond donors (Lipinski definition) is 2. The Morgan fingerprint density at radius 3 is 2.55 bits per heavy atom. The Bertz CT molecular complexity index is 1090. The van der Waals surface area contributed by atoms with Crippen molar-refractivity contribution < 1.29 is 9.59 Å². The zero-order valence-electron chi connectivity index (χ0n) is 18.0. The summed E-state index contributed by atoms with van der Waals surface area (Å²) in [5.74, 6) is 0.339. The van der Waals surface area contributed by atoms with Crippen LogP contribution in [-0.4, -0.2) is 18.4 Å². The largest absolute Gasteiger partial charge is 0.352 e. The van der Waals surface area contributed by atoms with Crippen LogP contribution < -0.4 is 10.6 Å². The molecule has 160 valence electrons. The molecule has 2 amide bonds. The second-order valence-corrected chi connectivity index (χ2v) is 9.42. The standard InChI is InChI=1S/C26H28N2O2S/c1-17-12-13-21-22(16-17)31-26(28-24(29)20-11-7-6-8-18(20)2)23(21)25(30)27-15-14-19-9-4-3-5-10-19/h3-11,17H,12-16H2,1-2H3,(H,27,30)(H,28,29)/t17-/m0/s1. The van der Waals surface area contributed by atoms with E-state index in [0.717, 1.165) is 36.8 Å². The number of rotatable bonds is 6. The SMILES string of the molecule is Cc1ccccc1C(=O)Nc1sc2c(c1C(=O)NCCc1ccccc1)CC[C@H](C)C2. The summed E-state index contributed by atoms with van der Waals surface area (Å²) in [6.07, 6.45) is 3.69. The number of amides is 2. The lowest BCUT2D eigenvalue weighted by Gasteiger charge is -2.18. The van der Waals surface area contributed by atoms with Gasteiger partial charge in [0.05, 0.1) is 5.56 Å². The molecule has 0 unspecified atom stereocenters. The van der Waals surface area contributed by atoms with E-state index in [0.29, 0.717) is 28.6 Å². The van der Waals surface area contributed by atoms with Gasteiger partial charge in [-0.1, -0.05) is 55.5 Å². The van der Waals surface area contributed by atoms with E-state index in [4.69, 9.17) is 0 Å². The van der Waals surface area contributed by atoms with Gasteiger partial charge in [0.2, 0.25) is 0 Å². The van der Waals surface area contributed by atoms with Crippen LogP contribution in [0.15, 0.2) is 54.6 Å². The normalized spacial score (nSPS) is 15.2. The molecule has 1 aliphatic carbocycles. The fraction of sp³-hybridized carbons (Fsp3) is 0.308. The summed E-state index contributed by atoms with van der Waals surface area (Å²) in [6, 6.07) is 17.7. The molecule has 4 nitrogen and oxygen atoms in total. The molecule has 1 heterocycles. The fourth-order valence-electron chi connectivity index (χ4n) is 4.13. The number of carbonyl (C=O) groups is 2. The van der Waals surface area contributed by atoms with Gasteiger partial charge < -0.3 is 10.6 Å². The predicted octanol–water partition coefficient (Wildman–Crippen LogP) is 5.41. The molecular formula is C26H28N2O2S. The van der Waals surface area contributed by atoms with Crippen molar-refractivity contribution in [1.82, 2.24) is 5.32 Å². The molecule has 1 atom stereocenters. The molecule has 0 bridgehead atoms. The van der Waals surface area contributed by atoms with Gasteiger partial charge in [-0.2, -0.15) is 0 Å². The van der Waals surface area contributed by atoms with Crippen LogP contribution in [0.1, 0.15) is 55.6 Å². The zero-order chi connectivity index (χ0) is 21.8. The maximum atomic E-state index is 13.2. The van der Waals surface area contributed by atoms with Gasteiger partial charge in [-0.25, -0.2) is 0 Å². The molecule has 0 aliphatic heterocycles. The molecule has 0 saturated carbocycles. The van der Waals surface area contributed by atoms with Crippen molar-refractivity contribution in [3.8, 4) is 0 Å². The van der Waals surface area contributed by atoms with Crippen molar-refractivity contribution in [1.29, 1.82) is 0 Å². The van der Waals surface area contributed by atoms with E-state index in [-0.39, 0.29) is 11.8 Å². The van der Waals surface area contributed by atoms with Crippen molar-refractivity contribution in [2.75, 3.05) is 11.9 Å². The van der Waals surface area contributed by atoms with Gasteiger partial charge in [-0.3, -0.25) is 9.59 Å². The summed E-state index contributed by atoms with van der Waals surface area (Å²) in [5, 5.41) is 6.79. The highest BCUT2D eigenvalue weighted by Gasteiger charge is 2.28. The Hall–Kier alpha value is -2.92. The van der Waals surface area contributed by atoms with E-state index in [2.05, 4.69) is 29.7 Å². The first-order valence-corrected chi connectivity index (χ1v) is 11.7. The highest BCUT2D eigenvalue weighted by molar-refractivity contribution is 7.17. The molecule has 31 heavy (non-hydrogen) atoms. The number of anilines is 1. The number of aryl methyl sites for hydroxylation is 1. The molecule has 2 aromatic carbocycles. The van der Waals surface area contributed by atoms with Crippen LogP contribution in [0.5, 0.6) is 0 Å². The minimum Gasteiger partial charge on any atom is -0.352 e. The van der Waals surface area contributed by atoms with Crippen LogP contribution in [0, 0.1) is 12.8 Å². The van der Waals surface area contributed by atoms with E-state index in [9.17, 15) is 9.59 Å². The number of hydrogen-bond acceptors (Lipinski definition) is 3. The Morgan fingerprint density at radius 2 is 1.77 bits per heavy atom. The average molecular weight is 433 g/mol. The van der Waals surface area contributed by atoms with E-state index in [1.807, 2.05) is 49.4 Å². The monoisotopic (exact) mass is 432 g/mol. The van der Waals surface area contributed by atoms with Gasteiger partial charge in [-0.15, -0.1) is 11.3 Å². The van der Waals surface area contributed by atoms with E-state index in [1.165, 1.54) is 10.4 Å². The molecular weight excluding hydrogens is 404 g/mol. The van der Waals surface area contributed by atoms with Crippen LogP contribution in [0.25, 0.3) is 0 Å². The van der Waals surface area contributed by atoms with Gasteiger partial charge in [0.1, 0.15) is 5.00 Å². The third-order valence-corrected chi connectivity index (χ3v) is 7.07. The maximum absolute atomic E-state index is 13.2. The number of thiophene rings is 1. The zero-order valence-corrected chi connectivity index (χ0v) is 18.9.